The molecule has 0 spiro atoms. The molecule has 2 N–H and O–H groups in total. The molecule has 2 aliphatic rings. The van der Waals surface area contributed by atoms with Crippen molar-refractivity contribution in [3.05, 3.63) is 54.2 Å². The van der Waals surface area contributed by atoms with E-state index in [1.807, 2.05) is 47.4 Å². The Hall–Kier alpha value is -4.36. The van der Waals surface area contributed by atoms with Gasteiger partial charge in [0, 0.05) is 62.8 Å². The lowest BCUT2D eigenvalue weighted by molar-refractivity contribution is -0.120. The van der Waals surface area contributed by atoms with Gasteiger partial charge in [-0.25, -0.2) is 9.97 Å². The van der Waals surface area contributed by atoms with Crippen molar-refractivity contribution >= 4 is 28.9 Å². The van der Waals surface area contributed by atoms with Gasteiger partial charge in [-0.3, -0.25) is 4.79 Å². The number of piperazine rings is 2. The molecule has 0 atom stereocenters. The summed E-state index contributed by atoms with van der Waals surface area (Å²) in [6.07, 6.45) is 1.70. The van der Waals surface area contributed by atoms with Crippen LogP contribution in [0.15, 0.2) is 48.7 Å². The van der Waals surface area contributed by atoms with Gasteiger partial charge in [0.1, 0.15) is 11.8 Å². The summed E-state index contributed by atoms with van der Waals surface area (Å²) in [5.74, 6) is 1.10. The van der Waals surface area contributed by atoms with Gasteiger partial charge in [0.15, 0.2) is 0 Å². The molecule has 2 fully saturated rings. The zero-order chi connectivity index (χ0) is 26.5. The van der Waals surface area contributed by atoms with Crippen molar-refractivity contribution in [1.29, 1.82) is 5.26 Å². The summed E-state index contributed by atoms with van der Waals surface area (Å²) in [4.78, 5) is 27.6. The van der Waals surface area contributed by atoms with Crippen LogP contribution in [0.2, 0.25) is 0 Å². The van der Waals surface area contributed by atoms with Crippen molar-refractivity contribution in [1.82, 2.24) is 20.2 Å². The van der Waals surface area contributed by atoms with E-state index in [2.05, 4.69) is 38.4 Å². The van der Waals surface area contributed by atoms with Crippen LogP contribution in [0, 0.1) is 11.3 Å². The summed E-state index contributed by atoms with van der Waals surface area (Å²) in [7, 11) is 1.61. The first-order valence-corrected chi connectivity index (χ1v) is 12.9. The van der Waals surface area contributed by atoms with Crippen molar-refractivity contribution in [3.63, 3.8) is 0 Å². The maximum absolute atomic E-state index is 11.8. The average Bonchev–Trinajstić information content (AvgIpc) is 2.97. The number of likely N-dealkylation sites (N-methyl/N-ethyl adjacent to an activating group) is 1. The number of hydrogen-bond acceptors (Lipinski definition) is 9. The first-order valence-electron chi connectivity index (χ1n) is 12.9. The summed E-state index contributed by atoms with van der Waals surface area (Å²) in [6.45, 7) is 8.69. The largest absolute Gasteiger partial charge is 0.495 e. The normalized spacial score (nSPS) is 16.1. The fraction of sp³-hybridized carbons (Fsp3) is 0.357. The van der Waals surface area contributed by atoms with Crippen LogP contribution in [0.1, 0.15) is 12.5 Å². The minimum absolute atomic E-state index is 0.00243. The molecule has 0 unspecified atom stereocenters. The molecule has 2 saturated heterocycles. The molecule has 0 saturated carbocycles. The van der Waals surface area contributed by atoms with E-state index >= 15 is 0 Å². The summed E-state index contributed by atoms with van der Waals surface area (Å²) in [5.41, 5.74) is 4.83. The highest BCUT2D eigenvalue weighted by Crippen LogP contribution is 2.33. The number of nitriles is 1. The minimum Gasteiger partial charge on any atom is -0.495 e. The first kappa shape index (κ1) is 25.3. The highest BCUT2D eigenvalue weighted by Gasteiger charge is 2.21. The molecule has 196 valence electrons. The second-order valence-electron chi connectivity index (χ2n) is 9.31. The maximum Gasteiger partial charge on any atom is 0.239 e. The quantitative estimate of drug-likeness (QED) is 0.494. The van der Waals surface area contributed by atoms with Crippen LogP contribution in [0.5, 0.6) is 5.75 Å². The maximum atomic E-state index is 11.8. The number of benzene rings is 2. The van der Waals surface area contributed by atoms with Gasteiger partial charge < -0.3 is 30.1 Å². The van der Waals surface area contributed by atoms with E-state index in [0.29, 0.717) is 30.4 Å². The Bertz CT molecular complexity index is 1350. The van der Waals surface area contributed by atoms with E-state index in [1.54, 1.807) is 13.3 Å². The molecule has 5 rings (SSSR count). The molecule has 3 aromatic rings. The number of rotatable bonds is 7. The number of methoxy groups -OCH3 is 1. The molecular formula is C28H32N8O2. The minimum atomic E-state index is -0.00243. The molecule has 2 aliphatic heterocycles. The molecule has 0 bridgehead atoms. The summed E-state index contributed by atoms with van der Waals surface area (Å²) in [6, 6.07) is 15.9. The number of carbonyl (C=O) groups is 1. The van der Waals surface area contributed by atoms with Gasteiger partial charge >= 0.3 is 0 Å². The molecule has 10 heteroatoms. The number of carbonyl (C=O) groups excluding carboxylic acids is 1. The van der Waals surface area contributed by atoms with Gasteiger partial charge in [-0.1, -0.05) is 13.0 Å². The van der Waals surface area contributed by atoms with Crippen LogP contribution in [0.3, 0.4) is 0 Å². The third-order valence-corrected chi connectivity index (χ3v) is 7.04. The molecule has 0 radical (unpaired) electrons. The molecule has 38 heavy (non-hydrogen) atoms. The van der Waals surface area contributed by atoms with Gasteiger partial charge in [0.25, 0.3) is 0 Å². The van der Waals surface area contributed by atoms with E-state index in [-0.39, 0.29) is 5.91 Å². The molecule has 3 heterocycles. The number of amides is 1. The average molecular weight is 513 g/mol. The molecule has 10 nitrogen and oxygen atoms in total. The first-order chi connectivity index (χ1) is 18.6. The Kier molecular flexibility index (Phi) is 7.56. The summed E-state index contributed by atoms with van der Waals surface area (Å²) in [5, 5.41) is 16.0. The SMILES string of the molecule is CCN1CCN(c2ccc(-c3ccnc(Nc4ccc(N5CCNC(=O)C5)c(OC)c4)n3)cc2C#N)CC1. The standard InChI is InChI=1S/C28H32N8O2/c1-3-34-12-14-35(15-13-34)24-6-4-20(16-21(24)18-29)23-8-9-31-28(33-23)32-22-5-7-25(26(17-22)38-2)36-11-10-30-27(37)19-36/h4-9,16-17H,3,10-15,19H2,1-2H3,(H,30,37)(H,31,32,33). The Labute approximate surface area is 222 Å². The van der Waals surface area contributed by atoms with Gasteiger partial charge in [0.2, 0.25) is 11.9 Å². The number of anilines is 4. The lowest BCUT2D eigenvalue weighted by atomic mass is 10.1. The second kappa shape index (κ2) is 11.4. The Morgan fingerprint density at radius 1 is 1.05 bits per heavy atom. The fourth-order valence-corrected chi connectivity index (χ4v) is 4.94. The molecule has 0 aliphatic carbocycles. The fourth-order valence-electron chi connectivity index (χ4n) is 4.94. The van der Waals surface area contributed by atoms with Crippen LogP contribution < -0.4 is 25.2 Å². The topological polar surface area (TPSA) is 110 Å². The smallest absolute Gasteiger partial charge is 0.239 e. The van der Waals surface area contributed by atoms with Crippen LogP contribution in [0.25, 0.3) is 11.3 Å². The van der Waals surface area contributed by atoms with Gasteiger partial charge in [-0.2, -0.15) is 5.26 Å². The highest BCUT2D eigenvalue weighted by molar-refractivity contribution is 5.84. The number of nitrogens with zero attached hydrogens (tertiary/aromatic N) is 6. The van der Waals surface area contributed by atoms with E-state index < -0.39 is 0 Å². The zero-order valence-electron chi connectivity index (χ0n) is 21.8. The van der Waals surface area contributed by atoms with Crippen molar-refractivity contribution in [2.75, 3.05) is 74.6 Å². The van der Waals surface area contributed by atoms with Gasteiger partial charge in [-0.05, 0) is 36.9 Å². The summed E-state index contributed by atoms with van der Waals surface area (Å²) >= 11 is 0. The number of ether oxygens (including phenoxy) is 1. The van der Waals surface area contributed by atoms with E-state index in [4.69, 9.17) is 9.72 Å². The molecule has 1 aromatic heterocycles. The van der Waals surface area contributed by atoms with Gasteiger partial charge in [-0.15, -0.1) is 0 Å². The Balaban J connectivity index is 1.34. The van der Waals surface area contributed by atoms with Crippen molar-refractivity contribution < 1.29 is 9.53 Å². The monoisotopic (exact) mass is 512 g/mol. The van der Waals surface area contributed by atoms with Crippen molar-refractivity contribution in [2.24, 2.45) is 0 Å². The van der Waals surface area contributed by atoms with Crippen LogP contribution in [-0.4, -0.2) is 80.2 Å². The van der Waals surface area contributed by atoms with Crippen LogP contribution in [0.4, 0.5) is 23.0 Å². The number of nitrogens with one attached hydrogen (secondary N) is 2. The predicted octanol–water partition coefficient (Wildman–Crippen LogP) is 2.85. The highest BCUT2D eigenvalue weighted by atomic mass is 16.5. The zero-order valence-corrected chi connectivity index (χ0v) is 21.8. The predicted molar refractivity (Wildman–Crippen MR) is 148 cm³/mol. The Morgan fingerprint density at radius 3 is 2.61 bits per heavy atom. The second-order valence-corrected chi connectivity index (χ2v) is 9.31. The van der Waals surface area contributed by atoms with E-state index in [1.165, 1.54) is 0 Å². The molecular weight excluding hydrogens is 480 g/mol. The lowest BCUT2D eigenvalue weighted by Crippen LogP contribution is -2.47. The third kappa shape index (κ3) is 5.48. The van der Waals surface area contributed by atoms with Gasteiger partial charge in [0.05, 0.1) is 36.3 Å². The molecule has 1 amide bonds. The number of aromatic nitrogens is 2. The molecule has 2 aromatic carbocycles. The van der Waals surface area contributed by atoms with Crippen molar-refractivity contribution in [2.45, 2.75) is 6.92 Å². The van der Waals surface area contributed by atoms with Crippen LogP contribution >= 0.6 is 0 Å². The lowest BCUT2D eigenvalue weighted by Gasteiger charge is -2.36. The van der Waals surface area contributed by atoms with E-state index in [9.17, 15) is 10.1 Å². The van der Waals surface area contributed by atoms with Crippen molar-refractivity contribution in [3.8, 4) is 23.1 Å². The summed E-state index contributed by atoms with van der Waals surface area (Å²) < 4.78 is 5.61. The number of hydrogen-bond donors (Lipinski definition) is 2. The Morgan fingerprint density at radius 2 is 1.87 bits per heavy atom. The van der Waals surface area contributed by atoms with Crippen LogP contribution in [-0.2, 0) is 4.79 Å². The van der Waals surface area contributed by atoms with E-state index in [0.717, 1.165) is 67.6 Å². The third-order valence-electron chi connectivity index (χ3n) is 7.04.